The summed E-state index contributed by atoms with van der Waals surface area (Å²) in [6.07, 6.45) is -0.0927. The van der Waals surface area contributed by atoms with Gasteiger partial charge in [0.05, 0.1) is 0 Å². The molecule has 0 bridgehead atoms. The summed E-state index contributed by atoms with van der Waals surface area (Å²) in [7, 11) is -3.85. The van der Waals surface area contributed by atoms with Gasteiger partial charge in [-0.2, -0.15) is 0 Å². The molecule has 0 aromatic carbocycles. The summed E-state index contributed by atoms with van der Waals surface area (Å²) in [5, 5.41) is 0. The Morgan fingerprint density at radius 3 is 2.00 bits per heavy atom. The van der Waals surface area contributed by atoms with Crippen LogP contribution in [0.2, 0.25) is 0 Å². The molecular weight excluding hydrogens is 191 g/mol. The Labute approximate surface area is 78.5 Å². The molecular formula is C7H17N2O3P. The molecule has 0 aromatic rings. The van der Waals surface area contributed by atoms with Crippen molar-refractivity contribution < 1.29 is 14.4 Å². The third kappa shape index (κ3) is 4.20. The monoisotopic (exact) mass is 208 g/mol. The van der Waals surface area contributed by atoms with E-state index in [0.29, 0.717) is 0 Å². The van der Waals surface area contributed by atoms with Crippen LogP contribution in [-0.4, -0.2) is 58.6 Å². The number of nitrogens with zero attached hydrogens (tertiary/aromatic N) is 2. The third-order valence-corrected chi connectivity index (χ3v) is 3.06. The van der Waals surface area contributed by atoms with Crippen LogP contribution in [-0.2, 0) is 4.57 Å². The minimum absolute atomic E-state index is 0.0927. The average molecular weight is 208 g/mol. The average Bonchev–Trinajstić information content (AvgIpc) is 2.03. The van der Waals surface area contributed by atoms with E-state index in [2.05, 4.69) is 11.8 Å². The molecule has 1 saturated heterocycles. The Bertz CT molecular complexity index is 198. The number of hydrogen-bond donors (Lipinski definition) is 2. The van der Waals surface area contributed by atoms with E-state index in [4.69, 9.17) is 9.79 Å². The number of rotatable bonds is 3. The van der Waals surface area contributed by atoms with Crippen molar-refractivity contribution in [3.63, 3.8) is 0 Å². The Morgan fingerprint density at radius 2 is 1.62 bits per heavy atom. The molecule has 1 aliphatic rings. The molecule has 13 heavy (non-hydrogen) atoms. The van der Waals surface area contributed by atoms with Gasteiger partial charge in [0.15, 0.2) is 0 Å². The van der Waals surface area contributed by atoms with Crippen molar-refractivity contribution in [1.29, 1.82) is 0 Å². The first-order chi connectivity index (χ1) is 6.01. The summed E-state index contributed by atoms with van der Waals surface area (Å²) < 4.78 is 10.7. The van der Waals surface area contributed by atoms with Gasteiger partial charge in [-0.3, -0.25) is 9.46 Å². The van der Waals surface area contributed by atoms with Gasteiger partial charge in [-0.15, -0.1) is 0 Å². The fourth-order valence-electron chi connectivity index (χ4n) is 1.51. The molecule has 0 amide bonds. The molecule has 0 radical (unpaired) electrons. The van der Waals surface area contributed by atoms with Gasteiger partial charge < -0.3 is 14.7 Å². The van der Waals surface area contributed by atoms with Crippen molar-refractivity contribution in [2.45, 2.75) is 6.92 Å². The van der Waals surface area contributed by atoms with E-state index in [1.54, 1.807) is 0 Å². The molecule has 0 saturated carbocycles. The molecule has 0 aliphatic carbocycles. The van der Waals surface area contributed by atoms with Gasteiger partial charge in [0, 0.05) is 26.2 Å². The van der Waals surface area contributed by atoms with Crippen LogP contribution in [0.15, 0.2) is 0 Å². The van der Waals surface area contributed by atoms with E-state index in [1.165, 1.54) is 0 Å². The van der Waals surface area contributed by atoms with Gasteiger partial charge in [-0.1, -0.05) is 6.92 Å². The van der Waals surface area contributed by atoms with Crippen molar-refractivity contribution in [3.05, 3.63) is 0 Å². The van der Waals surface area contributed by atoms with E-state index in [0.717, 1.165) is 32.7 Å². The predicted octanol–water partition coefficient (Wildman–Crippen LogP) is -0.241. The quantitative estimate of drug-likeness (QED) is 0.627. The van der Waals surface area contributed by atoms with E-state index in [9.17, 15) is 4.57 Å². The van der Waals surface area contributed by atoms with Crippen LogP contribution in [0.4, 0.5) is 0 Å². The summed E-state index contributed by atoms with van der Waals surface area (Å²) in [5.41, 5.74) is 0. The van der Waals surface area contributed by atoms with Gasteiger partial charge in [0.2, 0.25) is 0 Å². The van der Waals surface area contributed by atoms with Gasteiger partial charge in [0.1, 0.15) is 6.29 Å². The highest BCUT2D eigenvalue weighted by molar-refractivity contribution is 7.51. The summed E-state index contributed by atoms with van der Waals surface area (Å²) in [4.78, 5) is 21.6. The minimum atomic E-state index is -3.85. The van der Waals surface area contributed by atoms with Crippen molar-refractivity contribution >= 4 is 7.60 Å². The molecule has 78 valence electrons. The Morgan fingerprint density at radius 1 is 1.15 bits per heavy atom. The summed E-state index contributed by atoms with van der Waals surface area (Å²) in [6.45, 7) is 6.47. The van der Waals surface area contributed by atoms with Crippen molar-refractivity contribution in [2.75, 3.05) is 39.0 Å². The summed E-state index contributed by atoms with van der Waals surface area (Å²) >= 11 is 0. The van der Waals surface area contributed by atoms with E-state index >= 15 is 0 Å². The van der Waals surface area contributed by atoms with Crippen LogP contribution in [0.25, 0.3) is 0 Å². The maximum Gasteiger partial charge on any atom is 0.339 e. The molecule has 1 heterocycles. The highest BCUT2D eigenvalue weighted by atomic mass is 31.2. The third-order valence-electron chi connectivity index (χ3n) is 2.30. The lowest BCUT2D eigenvalue weighted by Crippen LogP contribution is -2.46. The second-order valence-electron chi connectivity index (χ2n) is 3.36. The summed E-state index contributed by atoms with van der Waals surface area (Å²) in [6, 6.07) is 0. The van der Waals surface area contributed by atoms with Gasteiger partial charge >= 0.3 is 7.60 Å². The lowest BCUT2D eigenvalue weighted by Gasteiger charge is -2.33. The van der Waals surface area contributed by atoms with E-state index in [-0.39, 0.29) is 6.29 Å². The van der Waals surface area contributed by atoms with Crippen LogP contribution in [0.1, 0.15) is 6.92 Å². The SMILES string of the molecule is CCN1CCN(CP(=O)(O)O)CC1. The van der Waals surface area contributed by atoms with Crippen LogP contribution in [0.5, 0.6) is 0 Å². The van der Waals surface area contributed by atoms with Gasteiger partial charge in [-0.25, -0.2) is 0 Å². The highest BCUT2D eigenvalue weighted by Gasteiger charge is 2.22. The lowest BCUT2D eigenvalue weighted by atomic mass is 10.3. The van der Waals surface area contributed by atoms with Crippen LogP contribution in [0, 0.1) is 0 Å². The van der Waals surface area contributed by atoms with Crippen molar-refractivity contribution in [3.8, 4) is 0 Å². The number of piperazine rings is 1. The lowest BCUT2D eigenvalue weighted by molar-refractivity contribution is 0.146. The molecule has 1 fully saturated rings. The molecule has 1 aliphatic heterocycles. The normalized spacial score (nSPS) is 22.1. The van der Waals surface area contributed by atoms with Crippen LogP contribution >= 0.6 is 7.60 Å². The van der Waals surface area contributed by atoms with Crippen molar-refractivity contribution in [1.82, 2.24) is 9.80 Å². The Kier molecular flexibility index (Phi) is 3.88. The maximum absolute atomic E-state index is 10.7. The zero-order valence-corrected chi connectivity index (χ0v) is 8.78. The zero-order chi connectivity index (χ0) is 9.90. The smallest absolute Gasteiger partial charge is 0.324 e. The van der Waals surface area contributed by atoms with E-state index in [1.807, 2.05) is 4.90 Å². The molecule has 2 N–H and O–H groups in total. The molecule has 5 nitrogen and oxygen atoms in total. The Balaban J connectivity index is 2.29. The van der Waals surface area contributed by atoms with Crippen LogP contribution in [0.3, 0.4) is 0 Å². The summed E-state index contributed by atoms with van der Waals surface area (Å²) in [5.74, 6) is 0. The van der Waals surface area contributed by atoms with Gasteiger partial charge in [0.25, 0.3) is 0 Å². The molecule has 1 rings (SSSR count). The predicted molar refractivity (Wildman–Crippen MR) is 50.6 cm³/mol. The fourth-order valence-corrected chi connectivity index (χ4v) is 2.31. The molecule has 6 heteroatoms. The van der Waals surface area contributed by atoms with E-state index < -0.39 is 7.60 Å². The number of hydrogen-bond acceptors (Lipinski definition) is 3. The molecule has 0 atom stereocenters. The zero-order valence-electron chi connectivity index (χ0n) is 7.89. The second kappa shape index (κ2) is 4.53. The second-order valence-corrected chi connectivity index (χ2v) is 4.97. The first-order valence-corrected chi connectivity index (χ1v) is 6.30. The Hall–Kier alpha value is 0.0700. The van der Waals surface area contributed by atoms with Crippen molar-refractivity contribution in [2.24, 2.45) is 0 Å². The first kappa shape index (κ1) is 11.1. The standard InChI is InChI=1S/C7H17N2O3P/c1-2-8-3-5-9(6-4-8)7-13(10,11)12/h2-7H2,1H3,(H2,10,11,12). The molecule has 0 spiro atoms. The topological polar surface area (TPSA) is 64.0 Å². The fraction of sp³-hybridized carbons (Fsp3) is 1.00. The van der Waals surface area contributed by atoms with Crippen LogP contribution < -0.4 is 0 Å². The largest absolute Gasteiger partial charge is 0.339 e. The first-order valence-electron chi connectivity index (χ1n) is 4.50. The minimum Gasteiger partial charge on any atom is -0.324 e. The maximum atomic E-state index is 10.7. The van der Waals surface area contributed by atoms with Gasteiger partial charge in [-0.05, 0) is 6.54 Å². The highest BCUT2D eigenvalue weighted by Crippen LogP contribution is 2.35. The molecule has 0 unspecified atom stereocenters. The molecule has 0 aromatic heterocycles. The number of likely N-dealkylation sites (N-methyl/N-ethyl adjacent to an activating group) is 1.